The SMILES string of the molecule is O=C1O[C@H](c2ccccc2)c2cc(Br)ccc21. The Morgan fingerprint density at radius 2 is 1.82 bits per heavy atom. The molecule has 2 aromatic carbocycles. The van der Waals surface area contributed by atoms with E-state index >= 15 is 0 Å². The molecule has 0 saturated carbocycles. The second-order valence-electron chi connectivity index (χ2n) is 3.93. The number of carbonyl (C=O) groups excluding carboxylic acids is 1. The molecule has 84 valence electrons. The number of esters is 1. The molecule has 0 spiro atoms. The van der Waals surface area contributed by atoms with Crippen molar-refractivity contribution in [3.05, 3.63) is 69.7 Å². The van der Waals surface area contributed by atoms with Gasteiger partial charge in [0.05, 0.1) is 5.56 Å². The summed E-state index contributed by atoms with van der Waals surface area (Å²) in [7, 11) is 0. The minimum Gasteiger partial charge on any atom is -0.449 e. The van der Waals surface area contributed by atoms with Gasteiger partial charge in [-0.1, -0.05) is 46.3 Å². The van der Waals surface area contributed by atoms with Crippen LogP contribution in [0.3, 0.4) is 0 Å². The number of rotatable bonds is 1. The van der Waals surface area contributed by atoms with E-state index in [2.05, 4.69) is 15.9 Å². The molecule has 1 atom stereocenters. The highest BCUT2D eigenvalue weighted by molar-refractivity contribution is 9.10. The van der Waals surface area contributed by atoms with Gasteiger partial charge in [0, 0.05) is 10.0 Å². The van der Waals surface area contributed by atoms with Gasteiger partial charge in [-0.05, 0) is 23.8 Å². The first kappa shape index (κ1) is 10.5. The van der Waals surface area contributed by atoms with E-state index in [1.807, 2.05) is 42.5 Å². The molecule has 3 rings (SSSR count). The third-order valence-corrected chi connectivity index (χ3v) is 3.34. The number of fused-ring (bicyclic) bond motifs is 1. The Morgan fingerprint density at radius 3 is 2.59 bits per heavy atom. The van der Waals surface area contributed by atoms with Gasteiger partial charge in [0.1, 0.15) is 0 Å². The first-order valence-electron chi connectivity index (χ1n) is 5.31. The molecule has 1 heterocycles. The lowest BCUT2D eigenvalue weighted by molar-refractivity contribution is 0.0456. The molecule has 1 aliphatic heterocycles. The Bertz CT molecular complexity index is 578. The zero-order chi connectivity index (χ0) is 11.8. The zero-order valence-electron chi connectivity index (χ0n) is 8.89. The minimum absolute atomic E-state index is 0.249. The maximum absolute atomic E-state index is 11.7. The monoisotopic (exact) mass is 288 g/mol. The summed E-state index contributed by atoms with van der Waals surface area (Å²) >= 11 is 3.42. The van der Waals surface area contributed by atoms with Crippen LogP contribution in [0.15, 0.2) is 53.0 Å². The topological polar surface area (TPSA) is 26.3 Å². The van der Waals surface area contributed by atoms with Crippen LogP contribution in [-0.2, 0) is 4.74 Å². The van der Waals surface area contributed by atoms with Gasteiger partial charge in [0.25, 0.3) is 0 Å². The molecule has 0 bridgehead atoms. The summed E-state index contributed by atoms with van der Waals surface area (Å²) in [6.07, 6.45) is -0.281. The molecule has 3 heteroatoms. The van der Waals surface area contributed by atoms with Crippen molar-refractivity contribution < 1.29 is 9.53 Å². The average molecular weight is 289 g/mol. The van der Waals surface area contributed by atoms with E-state index in [0.29, 0.717) is 5.56 Å². The summed E-state index contributed by atoms with van der Waals surface area (Å²) in [5.74, 6) is -0.249. The molecule has 17 heavy (non-hydrogen) atoms. The van der Waals surface area contributed by atoms with Crippen LogP contribution < -0.4 is 0 Å². The summed E-state index contributed by atoms with van der Waals surface area (Å²) in [6, 6.07) is 15.4. The fourth-order valence-electron chi connectivity index (χ4n) is 2.05. The Morgan fingerprint density at radius 1 is 1.06 bits per heavy atom. The summed E-state index contributed by atoms with van der Waals surface area (Å²) in [4.78, 5) is 11.7. The number of carbonyl (C=O) groups is 1. The van der Waals surface area contributed by atoms with Crippen LogP contribution in [0, 0.1) is 0 Å². The first-order chi connectivity index (χ1) is 8.25. The summed E-state index contributed by atoms with van der Waals surface area (Å²) < 4.78 is 6.37. The second-order valence-corrected chi connectivity index (χ2v) is 4.84. The van der Waals surface area contributed by atoms with Crippen molar-refractivity contribution in [1.29, 1.82) is 0 Å². The standard InChI is InChI=1S/C14H9BrO2/c15-10-6-7-11-12(8-10)13(17-14(11)16)9-4-2-1-3-5-9/h1-8,13H/t13-/m1/s1. The molecular weight excluding hydrogens is 280 g/mol. The molecule has 0 radical (unpaired) electrons. The normalized spacial score (nSPS) is 17.7. The summed E-state index contributed by atoms with van der Waals surface area (Å²) in [5, 5.41) is 0. The Kier molecular flexibility index (Phi) is 2.48. The average Bonchev–Trinajstić information content (AvgIpc) is 2.67. The Balaban J connectivity index is 2.13. The number of cyclic esters (lactones) is 1. The van der Waals surface area contributed by atoms with Gasteiger partial charge in [-0.2, -0.15) is 0 Å². The molecule has 0 saturated heterocycles. The lowest BCUT2D eigenvalue weighted by Crippen LogP contribution is -2.00. The number of benzene rings is 2. The molecule has 0 aliphatic carbocycles. The van der Waals surface area contributed by atoms with Crippen LogP contribution in [0.5, 0.6) is 0 Å². The Labute approximate surface area is 107 Å². The zero-order valence-corrected chi connectivity index (χ0v) is 10.5. The van der Waals surface area contributed by atoms with E-state index in [1.165, 1.54) is 0 Å². The third kappa shape index (κ3) is 1.76. The number of halogens is 1. The maximum Gasteiger partial charge on any atom is 0.339 e. The van der Waals surface area contributed by atoms with Crippen molar-refractivity contribution in [2.75, 3.05) is 0 Å². The van der Waals surface area contributed by atoms with Gasteiger partial charge in [0.15, 0.2) is 6.10 Å². The van der Waals surface area contributed by atoms with Crippen LogP contribution in [-0.4, -0.2) is 5.97 Å². The lowest BCUT2D eigenvalue weighted by Gasteiger charge is -2.10. The van der Waals surface area contributed by atoms with Gasteiger partial charge >= 0.3 is 5.97 Å². The van der Waals surface area contributed by atoms with E-state index < -0.39 is 0 Å². The molecule has 2 nitrogen and oxygen atoms in total. The maximum atomic E-state index is 11.7. The highest BCUT2D eigenvalue weighted by Crippen LogP contribution is 2.36. The number of hydrogen-bond acceptors (Lipinski definition) is 2. The van der Waals surface area contributed by atoms with Crippen molar-refractivity contribution >= 4 is 21.9 Å². The van der Waals surface area contributed by atoms with Crippen LogP contribution >= 0.6 is 15.9 Å². The third-order valence-electron chi connectivity index (χ3n) is 2.84. The highest BCUT2D eigenvalue weighted by Gasteiger charge is 2.31. The molecule has 0 fully saturated rings. The summed E-state index contributed by atoms with van der Waals surface area (Å²) in [5.41, 5.74) is 2.58. The molecule has 0 N–H and O–H groups in total. The van der Waals surface area contributed by atoms with Gasteiger partial charge < -0.3 is 4.74 Å². The second kappa shape index (κ2) is 4.00. The van der Waals surface area contributed by atoms with Crippen LogP contribution in [0.2, 0.25) is 0 Å². The smallest absolute Gasteiger partial charge is 0.339 e. The van der Waals surface area contributed by atoms with E-state index in [0.717, 1.165) is 15.6 Å². The van der Waals surface area contributed by atoms with Crippen LogP contribution in [0.25, 0.3) is 0 Å². The van der Waals surface area contributed by atoms with E-state index in [9.17, 15) is 4.79 Å². The summed E-state index contributed by atoms with van der Waals surface area (Å²) in [6.45, 7) is 0. The molecular formula is C14H9BrO2. The van der Waals surface area contributed by atoms with Gasteiger partial charge in [0.2, 0.25) is 0 Å². The molecule has 1 aliphatic rings. The fraction of sp³-hybridized carbons (Fsp3) is 0.0714. The van der Waals surface area contributed by atoms with Crippen molar-refractivity contribution in [3.63, 3.8) is 0 Å². The van der Waals surface area contributed by atoms with Crippen molar-refractivity contribution in [1.82, 2.24) is 0 Å². The van der Waals surface area contributed by atoms with E-state index in [1.54, 1.807) is 6.07 Å². The predicted octanol–water partition coefficient (Wildman–Crippen LogP) is 3.71. The van der Waals surface area contributed by atoms with E-state index in [4.69, 9.17) is 4.74 Å². The largest absolute Gasteiger partial charge is 0.449 e. The molecule has 0 amide bonds. The van der Waals surface area contributed by atoms with Crippen molar-refractivity contribution in [2.45, 2.75) is 6.10 Å². The molecule has 0 aromatic heterocycles. The first-order valence-corrected chi connectivity index (χ1v) is 6.10. The van der Waals surface area contributed by atoms with Crippen LogP contribution in [0.1, 0.15) is 27.6 Å². The van der Waals surface area contributed by atoms with Gasteiger partial charge in [-0.25, -0.2) is 4.79 Å². The van der Waals surface area contributed by atoms with Crippen molar-refractivity contribution in [3.8, 4) is 0 Å². The van der Waals surface area contributed by atoms with Crippen molar-refractivity contribution in [2.24, 2.45) is 0 Å². The van der Waals surface area contributed by atoms with E-state index in [-0.39, 0.29) is 12.1 Å². The Hall–Kier alpha value is -1.61. The predicted molar refractivity (Wildman–Crippen MR) is 67.8 cm³/mol. The van der Waals surface area contributed by atoms with Crippen LogP contribution in [0.4, 0.5) is 0 Å². The van der Waals surface area contributed by atoms with Gasteiger partial charge in [-0.3, -0.25) is 0 Å². The highest BCUT2D eigenvalue weighted by atomic mass is 79.9. The minimum atomic E-state index is -0.281. The van der Waals surface area contributed by atoms with Gasteiger partial charge in [-0.15, -0.1) is 0 Å². The number of ether oxygens (including phenoxy) is 1. The lowest BCUT2D eigenvalue weighted by atomic mass is 9.99. The molecule has 0 unspecified atom stereocenters. The quantitative estimate of drug-likeness (QED) is 0.748. The molecule has 2 aromatic rings. The number of hydrogen-bond donors (Lipinski definition) is 0. The fourth-order valence-corrected chi connectivity index (χ4v) is 2.42.